The molecule has 0 atom stereocenters. The molecule has 0 amide bonds. The fourth-order valence-corrected chi connectivity index (χ4v) is 1.23. The summed E-state index contributed by atoms with van der Waals surface area (Å²) < 4.78 is 5.50. The van der Waals surface area contributed by atoms with Gasteiger partial charge in [0.15, 0.2) is 6.29 Å². The summed E-state index contributed by atoms with van der Waals surface area (Å²) in [5, 5.41) is 0. The number of carbonyl (C=O) groups excluding carboxylic acids is 1. The third-order valence-electron chi connectivity index (χ3n) is 1.97. The number of aldehydes is 1. The van der Waals surface area contributed by atoms with Gasteiger partial charge in [-0.2, -0.15) is 0 Å². The van der Waals surface area contributed by atoms with Crippen LogP contribution < -0.4 is 4.74 Å². The molecule has 0 unspecified atom stereocenters. The first-order chi connectivity index (χ1) is 7.24. The molecule has 2 nitrogen and oxygen atoms in total. The molecule has 0 bridgehead atoms. The molecule has 1 aromatic carbocycles. The van der Waals surface area contributed by atoms with Crippen molar-refractivity contribution in [1.82, 2.24) is 0 Å². The zero-order valence-corrected chi connectivity index (χ0v) is 9.19. The lowest BCUT2D eigenvalue weighted by molar-refractivity contribution is 0.111. The number of rotatable bonds is 5. The van der Waals surface area contributed by atoms with Crippen LogP contribution in [-0.4, -0.2) is 12.9 Å². The van der Waals surface area contributed by atoms with Gasteiger partial charge in [0.1, 0.15) is 5.75 Å². The number of ether oxygens (including phenoxy) is 1. The Morgan fingerprint density at radius 1 is 1.33 bits per heavy atom. The van der Waals surface area contributed by atoms with Crippen molar-refractivity contribution in [3.05, 3.63) is 41.5 Å². The number of hydrogen-bond acceptors (Lipinski definition) is 2. The molecular weight excluding hydrogens is 188 g/mol. The van der Waals surface area contributed by atoms with Crippen LogP contribution in [0.1, 0.15) is 30.6 Å². The van der Waals surface area contributed by atoms with Crippen LogP contribution in [0.3, 0.4) is 0 Å². The number of para-hydroxylation sites is 1. The maximum absolute atomic E-state index is 10.7. The highest BCUT2D eigenvalue weighted by molar-refractivity contribution is 5.79. The predicted octanol–water partition coefficient (Wildman–Crippen LogP) is 3.23. The summed E-state index contributed by atoms with van der Waals surface area (Å²) in [6.45, 7) is 4.72. The van der Waals surface area contributed by atoms with Crippen LogP contribution in [0.4, 0.5) is 0 Å². The van der Waals surface area contributed by atoms with E-state index in [2.05, 4.69) is 19.9 Å². The van der Waals surface area contributed by atoms with Gasteiger partial charge in [0.2, 0.25) is 0 Å². The third-order valence-corrected chi connectivity index (χ3v) is 1.97. The van der Waals surface area contributed by atoms with E-state index in [1.165, 1.54) is 5.57 Å². The Hall–Kier alpha value is -1.57. The highest BCUT2D eigenvalue weighted by Gasteiger charge is 1.99. The van der Waals surface area contributed by atoms with Gasteiger partial charge in [-0.3, -0.25) is 4.79 Å². The molecule has 0 aromatic heterocycles. The van der Waals surface area contributed by atoms with E-state index in [9.17, 15) is 4.79 Å². The maximum atomic E-state index is 10.7. The van der Waals surface area contributed by atoms with Crippen molar-refractivity contribution in [3.8, 4) is 5.75 Å². The van der Waals surface area contributed by atoms with E-state index in [4.69, 9.17) is 4.74 Å². The van der Waals surface area contributed by atoms with Gasteiger partial charge in [0.25, 0.3) is 0 Å². The maximum Gasteiger partial charge on any atom is 0.153 e. The average Bonchev–Trinajstić information content (AvgIpc) is 2.24. The molecule has 0 N–H and O–H groups in total. The van der Waals surface area contributed by atoms with Crippen LogP contribution in [-0.2, 0) is 0 Å². The van der Waals surface area contributed by atoms with E-state index < -0.39 is 0 Å². The standard InChI is InChI=1S/C13H16O2/c1-11(2)6-5-9-15-13-8-4-3-7-12(13)10-14/h3-4,6-8,10H,5,9H2,1-2H3. The van der Waals surface area contributed by atoms with Crippen LogP contribution >= 0.6 is 0 Å². The van der Waals surface area contributed by atoms with Gasteiger partial charge in [-0.05, 0) is 32.4 Å². The summed E-state index contributed by atoms with van der Waals surface area (Å²) in [6, 6.07) is 7.26. The smallest absolute Gasteiger partial charge is 0.153 e. The number of carbonyl (C=O) groups is 1. The van der Waals surface area contributed by atoms with E-state index in [0.717, 1.165) is 12.7 Å². The van der Waals surface area contributed by atoms with E-state index >= 15 is 0 Å². The van der Waals surface area contributed by atoms with Crippen molar-refractivity contribution < 1.29 is 9.53 Å². The fraction of sp³-hybridized carbons (Fsp3) is 0.308. The lowest BCUT2D eigenvalue weighted by atomic mass is 10.2. The Labute approximate surface area is 90.6 Å². The van der Waals surface area contributed by atoms with Gasteiger partial charge in [-0.1, -0.05) is 23.8 Å². The normalized spacial score (nSPS) is 9.47. The largest absolute Gasteiger partial charge is 0.493 e. The first-order valence-electron chi connectivity index (χ1n) is 5.04. The molecule has 2 heteroatoms. The lowest BCUT2D eigenvalue weighted by Gasteiger charge is -2.06. The van der Waals surface area contributed by atoms with E-state index in [0.29, 0.717) is 17.9 Å². The minimum absolute atomic E-state index is 0.606. The van der Waals surface area contributed by atoms with E-state index in [1.807, 2.05) is 18.2 Å². The van der Waals surface area contributed by atoms with Gasteiger partial charge in [-0.15, -0.1) is 0 Å². The quantitative estimate of drug-likeness (QED) is 0.418. The second-order valence-corrected chi connectivity index (χ2v) is 3.57. The molecule has 1 aromatic rings. The molecule has 1 rings (SSSR count). The molecule has 0 saturated carbocycles. The zero-order valence-electron chi connectivity index (χ0n) is 9.19. The molecule has 0 spiro atoms. The Balaban J connectivity index is 2.50. The monoisotopic (exact) mass is 204 g/mol. The van der Waals surface area contributed by atoms with Crippen molar-refractivity contribution >= 4 is 6.29 Å². The lowest BCUT2D eigenvalue weighted by Crippen LogP contribution is -1.98. The second kappa shape index (κ2) is 6.02. The van der Waals surface area contributed by atoms with Gasteiger partial charge in [-0.25, -0.2) is 0 Å². The average molecular weight is 204 g/mol. The summed E-state index contributed by atoms with van der Waals surface area (Å²) in [4.78, 5) is 10.7. The minimum Gasteiger partial charge on any atom is -0.493 e. The minimum atomic E-state index is 0.606. The van der Waals surface area contributed by atoms with E-state index in [1.54, 1.807) is 6.07 Å². The van der Waals surface area contributed by atoms with Crippen molar-refractivity contribution in [2.45, 2.75) is 20.3 Å². The molecule has 0 aliphatic carbocycles. The van der Waals surface area contributed by atoms with Crippen molar-refractivity contribution in [1.29, 1.82) is 0 Å². The van der Waals surface area contributed by atoms with E-state index in [-0.39, 0.29) is 0 Å². The summed E-state index contributed by atoms with van der Waals surface area (Å²) in [7, 11) is 0. The third kappa shape index (κ3) is 3.98. The zero-order chi connectivity index (χ0) is 11.1. The molecule has 80 valence electrons. The highest BCUT2D eigenvalue weighted by Crippen LogP contribution is 2.15. The van der Waals surface area contributed by atoms with Gasteiger partial charge < -0.3 is 4.74 Å². The molecule has 15 heavy (non-hydrogen) atoms. The SMILES string of the molecule is CC(C)=CCCOc1ccccc1C=O. The van der Waals surface area contributed by atoms with Crippen LogP contribution in [0.5, 0.6) is 5.75 Å². The second-order valence-electron chi connectivity index (χ2n) is 3.57. The van der Waals surface area contributed by atoms with Crippen LogP contribution in [0.25, 0.3) is 0 Å². The molecule has 0 radical (unpaired) electrons. The highest BCUT2D eigenvalue weighted by atomic mass is 16.5. The number of benzene rings is 1. The Morgan fingerprint density at radius 3 is 2.73 bits per heavy atom. The molecule has 0 heterocycles. The fourth-order valence-electron chi connectivity index (χ4n) is 1.23. The topological polar surface area (TPSA) is 26.3 Å². The number of hydrogen-bond donors (Lipinski definition) is 0. The molecule has 0 saturated heterocycles. The Kier molecular flexibility index (Phi) is 4.61. The summed E-state index contributed by atoms with van der Waals surface area (Å²) in [5.41, 5.74) is 1.89. The Bertz CT molecular complexity index is 349. The van der Waals surface area contributed by atoms with Gasteiger partial charge in [0, 0.05) is 0 Å². The first kappa shape index (κ1) is 11.5. The van der Waals surface area contributed by atoms with Crippen molar-refractivity contribution in [2.75, 3.05) is 6.61 Å². The summed E-state index contributed by atoms with van der Waals surface area (Å²) >= 11 is 0. The Morgan fingerprint density at radius 2 is 2.07 bits per heavy atom. The van der Waals surface area contributed by atoms with Crippen LogP contribution in [0.15, 0.2) is 35.9 Å². The van der Waals surface area contributed by atoms with Crippen molar-refractivity contribution in [2.24, 2.45) is 0 Å². The van der Waals surface area contributed by atoms with Gasteiger partial charge in [0.05, 0.1) is 12.2 Å². The molecule has 0 aliphatic rings. The molecule has 0 aliphatic heterocycles. The van der Waals surface area contributed by atoms with Gasteiger partial charge >= 0.3 is 0 Å². The van der Waals surface area contributed by atoms with Crippen molar-refractivity contribution in [3.63, 3.8) is 0 Å². The van der Waals surface area contributed by atoms with Crippen LogP contribution in [0.2, 0.25) is 0 Å². The number of allylic oxidation sites excluding steroid dienone is 1. The molecular formula is C13H16O2. The first-order valence-corrected chi connectivity index (χ1v) is 5.04. The summed E-state index contributed by atoms with van der Waals surface area (Å²) in [6.07, 6.45) is 3.80. The van der Waals surface area contributed by atoms with Crippen LogP contribution in [0, 0.1) is 0 Å². The predicted molar refractivity (Wildman–Crippen MR) is 61.4 cm³/mol. The summed E-state index contributed by atoms with van der Waals surface area (Å²) in [5.74, 6) is 0.662. The molecule has 0 fully saturated rings.